The number of rotatable bonds is 3. The SMILES string of the molecule is C=C(OC(C)=O)P1(C(C)C)=NP(Cl)(Cl)=NP(Cl)(Cl)=N1. The van der Waals surface area contributed by atoms with Gasteiger partial charge < -0.3 is 4.74 Å². The van der Waals surface area contributed by atoms with Crippen LogP contribution in [0.1, 0.15) is 20.8 Å². The fraction of sp³-hybridized carbons (Fsp3) is 0.571. The second-order valence-electron chi connectivity index (χ2n) is 3.91. The van der Waals surface area contributed by atoms with E-state index in [-0.39, 0.29) is 11.2 Å². The van der Waals surface area contributed by atoms with Crippen LogP contribution in [0.3, 0.4) is 0 Å². The Bertz CT molecular complexity index is 581. The number of carbonyl (C=O) groups is 1. The van der Waals surface area contributed by atoms with Crippen LogP contribution < -0.4 is 0 Å². The molecular formula is C7H12Cl4N3O2P3. The van der Waals surface area contributed by atoms with Crippen LogP contribution in [0.25, 0.3) is 0 Å². The summed E-state index contributed by atoms with van der Waals surface area (Å²) in [4.78, 5) is 11.1. The molecule has 0 spiro atoms. The van der Waals surface area contributed by atoms with Crippen molar-refractivity contribution in [3.8, 4) is 0 Å². The third kappa shape index (κ3) is 4.51. The second-order valence-corrected chi connectivity index (χ2v) is 17.4. The third-order valence-corrected chi connectivity index (χ3v) is 14.8. The van der Waals surface area contributed by atoms with E-state index in [1.165, 1.54) is 6.92 Å². The van der Waals surface area contributed by atoms with Crippen molar-refractivity contribution < 1.29 is 9.53 Å². The van der Waals surface area contributed by atoms with Crippen molar-refractivity contribution in [3.63, 3.8) is 0 Å². The molecule has 0 aliphatic carbocycles. The highest BCUT2D eigenvalue weighted by Gasteiger charge is 2.39. The average Bonchev–Trinajstić information content (AvgIpc) is 2.10. The lowest BCUT2D eigenvalue weighted by molar-refractivity contribution is -0.135. The molecule has 110 valence electrons. The molecule has 0 aromatic heterocycles. The molecule has 5 nitrogen and oxygen atoms in total. The Hall–Kier alpha value is 1.06. The van der Waals surface area contributed by atoms with Gasteiger partial charge in [-0.3, -0.25) is 4.79 Å². The van der Waals surface area contributed by atoms with Crippen molar-refractivity contribution in [2.24, 2.45) is 13.5 Å². The number of carbonyl (C=O) groups excluding carboxylic acids is 1. The normalized spacial score (nSPS) is 27.8. The molecule has 1 atom stereocenters. The van der Waals surface area contributed by atoms with Gasteiger partial charge in [-0.2, -0.15) is 4.52 Å². The molecule has 1 rings (SSSR count). The van der Waals surface area contributed by atoms with Crippen LogP contribution in [0.2, 0.25) is 0 Å². The van der Waals surface area contributed by atoms with Gasteiger partial charge in [-0.1, -0.05) is 20.4 Å². The summed E-state index contributed by atoms with van der Waals surface area (Å²) < 4.78 is 17.5. The molecule has 0 aromatic carbocycles. The molecule has 12 heteroatoms. The maximum Gasteiger partial charge on any atom is 0.308 e. The van der Waals surface area contributed by atoms with E-state index < -0.39 is 25.0 Å². The highest BCUT2D eigenvalue weighted by atomic mass is 35.9. The predicted molar refractivity (Wildman–Crippen MR) is 87.5 cm³/mol. The van der Waals surface area contributed by atoms with Crippen molar-refractivity contribution in [2.75, 3.05) is 0 Å². The summed E-state index contributed by atoms with van der Waals surface area (Å²) >= 11 is 24.2. The van der Waals surface area contributed by atoms with E-state index in [0.29, 0.717) is 0 Å². The summed E-state index contributed by atoms with van der Waals surface area (Å²) in [5.74, 6) is -6.62. The highest BCUT2D eigenvalue weighted by Crippen LogP contribution is 2.87. The molecule has 0 fully saturated rings. The lowest BCUT2D eigenvalue weighted by Gasteiger charge is -2.30. The zero-order valence-electron chi connectivity index (χ0n) is 10.3. The van der Waals surface area contributed by atoms with Gasteiger partial charge in [0.05, 0.1) is 0 Å². The zero-order valence-corrected chi connectivity index (χ0v) is 16.0. The number of halogens is 4. The number of hydrogen-bond acceptors (Lipinski definition) is 5. The highest BCUT2D eigenvalue weighted by molar-refractivity contribution is 8.21. The Balaban J connectivity index is 3.59. The molecule has 0 N–H and O–H groups in total. The summed E-state index contributed by atoms with van der Waals surface area (Å²) in [6.45, 7) is 8.65. The Morgan fingerprint density at radius 3 is 1.95 bits per heavy atom. The number of esters is 1. The first-order chi connectivity index (χ1) is 8.40. The molecule has 1 aliphatic rings. The van der Waals surface area contributed by atoms with Gasteiger partial charge in [-0.15, -0.1) is 0 Å². The molecule has 0 amide bonds. The Kier molecular flexibility index (Phi) is 5.76. The topological polar surface area (TPSA) is 63.4 Å². The van der Waals surface area contributed by atoms with Crippen molar-refractivity contribution in [3.05, 3.63) is 12.1 Å². The minimum atomic E-state index is -3.05. The fourth-order valence-electron chi connectivity index (χ4n) is 1.34. The van der Waals surface area contributed by atoms with Crippen LogP contribution >= 0.6 is 64.0 Å². The van der Waals surface area contributed by atoms with Gasteiger partial charge in [0.15, 0.2) is 5.50 Å². The Labute approximate surface area is 131 Å². The molecule has 19 heavy (non-hydrogen) atoms. The van der Waals surface area contributed by atoms with E-state index in [9.17, 15) is 4.79 Å². The van der Waals surface area contributed by atoms with E-state index >= 15 is 0 Å². The maximum atomic E-state index is 11.1. The lowest BCUT2D eigenvalue weighted by Crippen LogP contribution is -2.05. The van der Waals surface area contributed by atoms with Crippen LogP contribution in [0.5, 0.6) is 0 Å². The molecule has 0 saturated carbocycles. The monoisotopic (exact) mass is 403 g/mol. The quantitative estimate of drug-likeness (QED) is 0.279. The number of hydrogen-bond donors (Lipinski definition) is 0. The Morgan fingerprint density at radius 2 is 1.58 bits per heavy atom. The van der Waals surface area contributed by atoms with Gasteiger partial charge >= 0.3 is 5.97 Å². The van der Waals surface area contributed by atoms with Crippen LogP contribution in [-0.4, -0.2) is 11.6 Å². The summed E-state index contributed by atoms with van der Waals surface area (Å²) in [6, 6.07) is 0. The number of nitrogens with zero attached hydrogens (tertiary/aromatic N) is 3. The number of ether oxygens (including phenoxy) is 1. The third-order valence-electron chi connectivity index (χ3n) is 2.05. The standard InChI is InChI=1S/C7H12Cl4N3O2P3/c1-5(2)17(7(4)16-6(3)15)12-18(8,9)14-19(10,11)13-17/h5H,4H2,1-3H3. The van der Waals surface area contributed by atoms with Gasteiger partial charge in [0.25, 0.3) is 11.8 Å². The van der Waals surface area contributed by atoms with Crippen LogP contribution in [-0.2, 0) is 9.53 Å². The van der Waals surface area contributed by atoms with E-state index in [0.717, 1.165) is 0 Å². The summed E-state index contributed by atoms with van der Waals surface area (Å²) in [7, 11) is -2.76. The average molecular weight is 405 g/mol. The summed E-state index contributed by atoms with van der Waals surface area (Å²) in [6.07, 6.45) is 0. The van der Waals surface area contributed by atoms with Crippen molar-refractivity contribution in [1.29, 1.82) is 0 Å². The van der Waals surface area contributed by atoms with Crippen LogP contribution in [0.4, 0.5) is 0 Å². The summed E-state index contributed by atoms with van der Waals surface area (Å²) in [5.41, 5.74) is -0.0511. The van der Waals surface area contributed by atoms with Crippen molar-refractivity contribution in [2.45, 2.75) is 26.4 Å². The molecule has 1 aliphatic heterocycles. The van der Waals surface area contributed by atoms with Crippen molar-refractivity contribution in [1.82, 2.24) is 0 Å². The minimum Gasteiger partial charge on any atom is -0.424 e. The zero-order chi connectivity index (χ0) is 15.1. The first-order valence-corrected chi connectivity index (χ1v) is 13.8. The van der Waals surface area contributed by atoms with Crippen LogP contribution in [0.15, 0.2) is 25.6 Å². The molecule has 0 saturated heterocycles. The van der Waals surface area contributed by atoms with E-state index in [1.54, 1.807) is 0 Å². The first kappa shape index (κ1) is 18.1. The molecule has 0 bridgehead atoms. The predicted octanol–water partition coefficient (Wildman–Crippen LogP) is 7.41. The first-order valence-electron chi connectivity index (χ1n) is 4.98. The lowest BCUT2D eigenvalue weighted by atomic mass is 10.6. The molecule has 1 unspecified atom stereocenters. The van der Waals surface area contributed by atoms with Crippen LogP contribution in [0, 0.1) is 0 Å². The van der Waals surface area contributed by atoms with Gasteiger partial charge in [0, 0.05) is 12.6 Å². The van der Waals surface area contributed by atoms with Gasteiger partial charge in [-0.25, -0.2) is 9.03 Å². The second kappa shape index (κ2) is 6.05. The Morgan fingerprint density at radius 1 is 1.11 bits per heavy atom. The van der Waals surface area contributed by atoms with Crippen molar-refractivity contribution >= 4 is 70.0 Å². The molecule has 1 heterocycles. The smallest absolute Gasteiger partial charge is 0.308 e. The molecular weight excluding hydrogens is 393 g/mol. The van der Waals surface area contributed by atoms with Gasteiger partial charge in [-0.05, 0) is 45.0 Å². The molecule has 0 radical (unpaired) electrons. The maximum absolute atomic E-state index is 11.1. The minimum absolute atomic E-state index is 0.0984. The van der Waals surface area contributed by atoms with Gasteiger partial charge in [0.2, 0.25) is 0 Å². The van der Waals surface area contributed by atoms with E-state index in [4.69, 9.17) is 49.7 Å². The summed E-state index contributed by atoms with van der Waals surface area (Å²) in [5, 5.41) is 0. The molecule has 0 aromatic rings. The van der Waals surface area contributed by atoms with Gasteiger partial charge in [0.1, 0.15) is 7.21 Å². The largest absolute Gasteiger partial charge is 0.424 e. The van der Waals surface area contributed by atoms with E-state index in [2.05, 4.69) is 20.1 Å². The van der Waals surface area contributed by atoms with E-state index in [1.807, 2.05) is 13.8 Å². The fourth-order valence-corrected chi connectivity index (χ4v) is 18.2.